The maximum Gasteiger partial charge on any atom is 0.254 e. The van der Waals surface area contributed by atoms with Crippen LogP contribution >= 0.6 is 23.2 Å². The lowest BCUT2D eigenvalue weighted by Crippen LogP contribution is -2.48. The molecule has 2 rings (SSSR count). The lowest BCUT2D eigenvalue weighted by Gasteiger charge is -2.33. The normalized spacial score (nSPS) is 16.2. The van der Waals surface area contributed by atoms with Crippen LogP contribution in [0, 0.1) is 11.3 Å². The van der Waals surface area contributed by atoms with E-state index in [0.29, 0.717) is 48.3 Å². The molecule has 1 fully saturated rings. The Morgan fingerprint density at radius 2 is 1.74 bits per heavy atom. The third kappa shape index (κ3) is 3.60. The van der Waals surface area contributed by atoms with E-state index < -0.39 is 0 Å². The molecule has 0 saturated carbocycles. The molecule has 4 nitrogen and oxygen atoms in total. The molecule has 100 valence electrons. The number of rotatable bonds is 2. The molecule has 1 heterocycles. The number of benzene rings is 1. The highest BCUT2D eigenvalue weighted by Crippen LogP contribution is 2.20. The van der Waals surface area contributed by atoms with Gasteiger partial charge in [0.2, 0.25) is 0 Å². The van der Waals surface area contributed by atoms with Crippen LogP contribution in [0.3, 0.4) is 0 Å². The second kappa shape index (κ2) is 6.25. The minimum absolute atomic E-state index is 0.0685. The molecule has 1 saturated heterocycles. The van der Waals surface area contributed by atoms with Gasteiger partial charge < -0.3 is 4.90 Å². The molecule has 6 heteroatoms. The lowest BCUT2D eigenvalue weighted by atomic mass is 10.2. The smallest absolute Gasteiger partial charge is 0.254 e. The molecule has 0 unspecified atom stereocenters. The Kier molecular flexibility index (Phi) is 4.65. The van der Waals surface area contributed by atoms with Crippen molar-refractivity contribution in [3.63, 3.8) is 0 Å². The predicted octanol–water partition coefficient (Wildman–Crippen LogP) is 2.27. The molecule has 0 spiro atoms. The zero-order valence-electron chi connectivity index (χ0n) is 10.3. The number of piperazine rings is 1. The second-order valence-corrected chi connectivity index (χ2v) is 5.26. The van der Waals surface area contributed by atoms with Crippen molar-refractivity contribution in [2.45, 2.75) is 0 Å². The second-order valence-electron chi connectivity index (χ2n) is 4.38. The first-order chi connectivity index (χ1) is 9.10. The number of carbonyl (C=O) groups is 1. The third-order valence-corrected chi connectivity index (χ3v) is 3.50. The van der Waals surface area contributed by atoms with Gasteiger partial charge in [0, 0.05) is 41.8 Å². The van der Waals surface area contributed by atoms with Gasteiger partial charge in [-0.05, 0) is 18.2 Å². The van der Waals surface area contributed by atoms with Crippen molar-refractivity contribution in [3.05, 3.63) is 33.8 Å². The summed E-state index contributed by atoms with van der Waals surface area (Å²) in [4.78, 5) is 16.1. The summed E-state index contributed by atoms with van der Waals surface area (Å²) in [5.74, 6) is -0.0685. The van der Waals surface area contributed by atoms with Crippen LogP contribution in [0.1, 0.15) is 10.4 Å². The topological polar surface area (TPSA) is 47.3 Å². The number of halogens is 2. The Balaban J connectivity index is 2.03. The van der Waals surface area contributed by atoms with Crippen molar-refractivity contribution >= 4 is 29.1 Å². The van der Waals surface area contributed by atoms with Crippen molar-refractivity contribution in [2.75, 3.05) is 32.7 Å². The summed E-state index contributed by atoms with van der Waals surface area (Å²) < 4.78 is 0. The number of amides is 1. The summed E-state index contributed by atoms with van der Waals surface area (Å²) >= 11 is 11.8. The first kappa shape index (κ1) is 14.1. The van der Waals surface area contributed by atoms with Crippen molar-refractivity contribution < 1.29 is 4.79 Å². The Morgan fingerprint density at radius 1 is 1.16 bits per heavy atom. The average Bonchev–Trinajstić information content (AvgIpc) is 2.38. The van der Waals surface area contributed by atoms with Gasteiger partial charge in [0.05, 0.1) is 12.6 Å². The molecule has 1 aliphatic heterocycles. The van der Waals surface area contributed by atoms with Crippen LogP contribution in [0.2, 0.25) is 10.0 Å². The summed E-state index contributed by atoms with van der Waals surface area (Å²) in [7, 11) is 0. The van der Waals surface area contributed by atoms with Gasteiger partial charge in [-0.25, -0.2) is 0 Å². The summed E-state index contributed by atoms with van der Waals surface area (Å²) in [5, 5.41) is 9.55. The van der Waals surface area contributed by atoms with Crippen LogP contribution in [0.15, 0.2) is 18.2 Å². The minimum Gasteiger partial charge on any atom is -0.336 e. The molecule has 19 heavy (non-hydrogen) atoms. The summed E-state index contributed by atoms with van der Waals surface area (Å²) in [6.45, 7) is 3.07. The van der Waals surface area contributed by atoms with E-state index >= 15 is 0 Å². The highest BCUT2D eigenvalue weighted by Gasteiger charge is 2.22. The van der Waals surface area contributed by atoms with E-state index in [4.69, 9.17) is 28.5 Å². The van der Waals surface area contributed by atoms with Gasteiger partial charge in [-0.3, -0.25) is 9.69 Å². The van der Waals surface area contributed by atoms with Crippen LogP contribution < -0.4 is 0 Å². The fourth-order valence-electron chi connectivity index (χ4n) is 2.07. The molecule has 1 aliphatic rings. The van der Waals surface area contributed by atoms with E-state index in [1.165, 1.54) is 0 Å². The summed E-state index contributed by atoms with van der Waals surface area (Å²) in [6, 6.07) is 6.96. The Hall–Kier alpha value is -1.28. The van der Waals surface area contributed by atoms with E-state index in [1.807, 2.05) is 4.90 Å². The fourth-order valence-corrected chi connectivity index (χ4v) is 2.60. The van der Waals surface area contributed by atoms with Crippen LogP contribution in [0.4, 0.5) is 0 Å². The van der Waals surface area contributed by atoms with Crippen molar-refractivity contribution in [1.29, 1.82) is 5.26 Å². The number of hydrogen-bond donors (Lipinski definition) is 0. The number of carbonyl (C=O) groups excluding carboxylic acids is 1. The molecule has 0 bridgehead atoms. The summed E-state index contributed by atoms with van der Waals surface area (Å²) in [5.41, 5.74) is 0.506. The number of nitriles is 1. The van der Waals surface area contributed by atoms with Gasteiger partial charge in [0.15, 0.2) is 0 Å². The van der Waals surface area contributed by atoms with Crippen molar-refractivity contribution in [3.8, 4) is 6.07 Å². The van der Waals surface area contributed by atoms with Crippen molar-refractivity contribution in [1.82, 2.24) is 9.80 Å². The molecule has 1 aromatic carbocycles. The van der Waals surface area contributed by atoms with E-state index in [0.717, 1.165) is 0 Å². The van der Waals surface area contributed by atoms with Crippen LogP contribution in [0.25, 0.3) is 0 Å². The highest BCUT2D eigenvalue weighted by molar-refractivity contribution is 6.35. The molecule has 0 N–H and O–H groups in total. The van der Waals surface area contributed by atoms with Crippen molar-refractivity contribution in [2.24, 2.45) is 0 Å². The van der Waals surface area contributed by atoms with Crippen LogP contribution in [0.5, 0.6) is 0 Å². The standard InChI is InChI=1S/C13H13Cl2N3O/c14-11-7-10(8-12(15)9-11)13(19)18-5-3-17(2-1-16)4-6-18/h7-9H,2-6H2. The lowest BCUT2D eigenvalue weighted by molar-refractivity contribution is 0.0652. The number of hydrogen-bond acceptors (Lipinski definition) is 3. The van der Waals surface area contributed by atoms with Gasteiger partial charge in [-0.1, -0.05) is 23.2 Å². The van der Waals surface area contributed by atoms with E-state index in [-0.39, 0.29) is 5.91 Å². The Morgan fingerprint density at radius 3 is 2.26 bits per heavy atom. The minimum atomic E-state index is -0.0685. The van der Waals surface area contributed by atoms with E-state index in [9.17, 15) is 4.79 Å². The van der Waals surface area contributed by atoms with E-state index in [1.54, 1.807) is 23.1 Å². The molecule has 1 amide bonds. The molecular formula is C13H13Cl2N3O. The molecule has 0 atom stereocenters. The van der Waals surface area contributed by atoms with Gasteiger partial charge in [0.1, 0.15) is 0 Å². The van der Waals surface area contributed by atoms with Crippen LogP contribution in [-0.2, 0) is 0 Å². The maximum absolute atomic E-state index is 12.3. The zero-order chi connectivity index (χ0) is 13.8. The largest absolute Gasteiger partial charge is 0.336 e. The molecule has 0 aliphatic carbocycles. The summed E-state index contributed by atoms with van der Waals surface area (Å²) in [6.07, 6.45) is 0. The van der Waals surface area contributed by atoms with Crippen LogP contribution in [-0.4, -0.2) is 48.4 Å². The molecule has 0 aromatic heterocycles. The third-order valence-electron chi connectivity index (χ3n) is 3.06. The Labute approximate surface area is 122 Å². The fraction of sp³-hybridized carbons (Fsp3) is 0.385. The maximum atomic E-state index is 12.3. The van der Waals surface area contributed by atoms with Gasteiger partial charge in [-0.2, -0.15) is 5.26 Å². The SMILES string of the molecule is N#CCN1CCN(C(=O)c2cc(Cl)cc(Cl)c2)CC1. The molecular weight excluding hydrogens is 285 g/mol. The average molecular weight is 298 g/mol. The first-order valence-electron chi connectivity index (χ1n) is 5.95. The first-order valence-corrected chi connectivity index (χ1v) is 6.70. The van der Waals surface area contributed by atoms with Gasteiger partial charge >= 0.3 is 0 Å². The number of nitrogens with zero attached hydrogens (tertiary/aromatic N) is 3. The monoisotopic (exact) mass is 297 g/mol. The van der Waals surface area contributed by atoms with E-state index in [2.05, 4.69) is 6.07 Å². The predicted molar refractivity (Wildman–Crippen MR) is 74.4 cm³/mol. The Bertz CT molecular complexity index is 499. The zero-order valence-corrected chi connectivity index (χ0v) is 11.8. The molecule has 0 radical (unpaired) electrons. The van der Waals surface area contributed by atoms with Gasteiger partial charge in [-0.15, -0.1) is 0 Å². The van der Waals surface area contributed by atoms with Gasteiger partial charge in [0.25, 0.3) is 5.91 Å². The highest BCUT2D eigenvalue weighted by atomic mass is 35.5. The quantitative estimate of drug-likeness (QED) is 0.787. The molecule has 1 aromatic rings.